The Morgan fingerprint density at radius 1 is 1.08 bits per heavy atom. The average Bonchev–Trinajstić information content (AvgIpc) is 2.72. The molecule has 0 amide bonds. The number of aromatic nitrogens is 2. The highest BCUT2D eigenvalue weighted by molar-refractivity contribution is 5.78. The molecule has 1 aromatic carbocycles. The van der Waals surface area contributed by atoms with Gasteiger partial charge in [0, 0.05) is 13.1 Å². The molecule has 0 unspecified atom stereocenters. The molecule has 0 N–H and O–H groups in total. The van der Waals surface area contributed by atoms with Gasteiger partial charge in [0.15, 0.2) is 0 Å². The molecule has 1 aliphatic rings. The van der Waals surface area contributed by atoms with Crippen molar-refractivity contribution in [1.82, 2.24) is 9.36 Å². The van der Waals surface area contributed by atoms with E-state index in [0.717, 1.165) is 30.4 Å². The Bertz CT molecular complexity index is 521. The van der Waals surface area contributed by atoms with E-state index in [9.17, 15) is 4.79 Å². The fourth-order valence-corrected chi connectivity index (χ4v) is 2.09. The Morgan fingerprint density at radius 3 is 2.77 bits per heavy atom. The lowest BCUT2D eigenvalue weighted by molar-refractivity contribution is 0.610. The molecule has 2 heterocycles. The van der Waals surface area contributed by atoms with Crippen molar-refractivity contribution >= 4 is 10.9 Å². The van der Waals surface area contributed by atoms with Gasteiger partial charge in [0.1, 0.15) is 0 Å². The van der Waals surface area contributed by atoms with E-state index >= 15 is 0 Å². The van der Waals surface area contributed by atoms with Crippen molar-refractivity contribution in [3.63, 3.8) is 0 Å². The van der Waals surface area contributed by atoms with Crippen LogP contribution in [0, 0.1) is 0 Å². The lowest BCUT2D eigenvalue weighted by atomic mass is 10.2. The lowest BCUT2D eigenvalue weighted by Crippen LogP contribution is -2.16. The van der Waals surface area contributed by atoms with Gasteiger partial charge in [-0.15, -0.1) is 0 Å². The summed E-state index contributed by atoms with van der Waals surface area (Å²) in [4.78, 5) is 11.8. The predicted octanol–water partition coefficient (Wildman–Crippen LogP) is 1.21. The van der Waals surface area contributed by atoms with E-state index in [2.05, 4.69) is 4.68 Å². The second-order valence-corrected chi connectivity index (χ2v) is 3.42. The van der Waals surface area contributed by atoms with E-state index in [1.807, 2.05) is 28.9 Å². The Kier molecular flexibility index (Phi) is 1.20. The number of para-hydroxylation sites is 1. The first kappa shape index (κ1) is 6.95. The van der Waals surface area contributed by atoms with E-state index in [1.54, 1.807) is 0 Å². The lowest BCUT2D eigenvalue weighted by Gasteiger charge is -1.98. The third-order valence-corrected chi connectivity index (χ3v) is 2.68. The quantitative estimate of drug-likeness (QED) is 0.589. The Hall–Kier alpha value is -1.51. The molecule has 0 bridgehead atoms. The summed E-state index contributed by atoms with van der Waals surface area (Å²) >= 11 is 0. The van der Waals surface area contributed by atoms with Crippen LogP contribution in [0.15, 0.2) is 29.1 Å². The van der Waals surface area contributed by atoms with Crippen LogP contribution in [0.25, 0.3) is 10.9 Å². The molecular formula is C10H10N2O. The van der Waals surface area contributed by atoms with Crippen LogP contribution in [0.4, 0.5) is 0 Å². The van der Waals surface area contributed by atoms with Gasteiger partial charge in [-0.2, -0.15) is 0 Å². The largest absolute Gasteiger partial charge is 0.282 e. The van der Waals surface area contributed by atoms with Crippen LogP contribution in [-0.2, 0) is 13.1 Å². The van der Waals surface area contributed by atoms with Crippen LogP contribution in [-0.4, -0.2) is 9.36 Å². The summed E-state index contributed by atoms with van der Waals surface area (Å²) in [5, 5.41) is 0.849. The normalized spacial score (nSPS) is 15.1. The SMILES string of the molecule is O=c1c2ccccc2n2n1CCC2. The number of aryl methyl sites for hydroxylation is 1. The first-order valence-corrected chi connectivity index (χ1v) is 4.56. The van der Waals surface area contributed by atoms with Gasteiger partial charge >= 0.3 is 0 Å². The number of benzene rings is 1. The summed E-state index contributed by atoms with van der Waals surface area (Å²) in [5.41, 5.74) is 1.23. The van der Waals surface area contributed by atoms with Crippen LogP contribution >= 0.6 is 0 Å². The molecule has 0 fully saturated rings. The minimum absolute atomic E-state index is 0.160. The zero-order chi connectivity index (χ0) is 8.84. The molecule has 0 radical (unpaired) electrons. The maximum atomic E-state index is 11.8. The molecule has 0 saturated carbocycles. The van der Waals surface area contributed by atoms with Crippen LogP contribution < -0.4 is 5.56 Å². The number of hydrogen-bond acceptors (Lipinski definition) is 1. The summed E-state index contributed by atoms with van der Waals surface area (Å²) in [6.45, 7) is 1.84. The van der Waals surface area contributed by atoms with Gasteiger partial charge in [-0.3, -0.25) is 9.48 Å². The van der Waals surface area contributed by atoms with Crippen molar-refractivity contribution in [2.45, 2.75) is 19.5 Å². The van der Waals surface area contributed by atoms with Crippen molar-refractivity contribution in [3.8, 4) is 0 Å². The molecule has 3 nitrogen and oxygen atoms in total. The molecule has 13 heavy (non-hydrogen) atoms. The fourth-order valence-electron chi connectivity index (χ4n) is 2.09. The van der Waals surface area contributed by atoms with E-state index in [-0.39, 0.29) is 5.56 Å². The van der Waals surface area contributed by atoms with Gasteiger partial charge in [-0.25, -0.2) is 4.68 Å². The minimum atomic E-state index is 0.160. The van der Waals surface area contributed by atoms with Gasteiger partial charge in [0.2, 0.25) is 0 Å². The Balaban J connectivity index is 2.56. The molecule has 2 aromatic rings. The maximum Gasteiger partial charge on any atom is 0.274 e. The zero-order valence-corrected chi connectivity index (χ0v) is 7.23. The molecule has 0 saturated heterocycles. The molecule has 3 heteroatoms. The number of hydrogen-bond donors (Lipinski definition) is 0. The topological polar surface area (TPSA) is 26.9 Å². The summed E-state index contributed by atoms with van der Waals surface area (Å²) in [6, 6.07) is 7.81. The van der Waals surface area contributed by atoms with Crippen molar-refractivity contribution in [2.24, 2.45) is 0 Å². The van der Waals surface area contributed by atoms with E-state index in [1.165, 1.54) is 0 Å². The first-order chi connectivity index (χ1) is 6.38. The Morgan fingerprint density at radius 2 is 1.85 bits per heavy atom. The van der Waals surface area contributed by atoms with Gasteiger partial charge in [0.25, 0.3) is 5.56 Å². The van der Waals surface area contributed by atoms with Crippen LogP contribution in [0.3, 0.4) is 0 Å². The van der Waals surface area contributed by atoms with Crippen LogP contribution in [0.2, 0.25) is 0 Å². The van der Waals surface area contributed by atoms with Gasteiger partial charge in [-0.1, -0.05) is 12.1 Å². The molecule has 1 aliphatic heterocycles. The zero-order valence-electron chi connectivity index (χ0n) is 7.23. The van der Waals surface area contributed by atoms with Crippen LogP contribution in [0.5, 0.6) is 0 Å². The highest BCUT2D eigenvalue weighted by atomic mass is 16.1. The first-order valence-electron chi connectivity index (χ1n) is 4.56. The van der Waals surface area contributed by atoms with Crippen molar-refractivity contribution in [1.29, 1.82) is 0 Å². The molecule has 66 valence electrons. The summed E-state index contributed by atoms with van der Waals surface area (Å²) in [6.07, 6.45) is 1.08. The smallest absolute Gasteiger partial charge is 0.274 e. The van der Waals surface area contributed by atoms with Gasteiger partial charge in [0.05, 0.1) is 10.9 Å². The molecule has 0 spiro atoms. The third-order valence-electron chi connectivity index (χ3n) is 2.68. The highest BCUT2D eigenvalue weighted by Crippen LogP contribution is 2.15. The number of fused-ring (bicyclic) bond motifs is 3. The molecule has 1 aromatic heterocycles. The van der Waals surface area contributed by atoms with Crippen molar-refractivity contribution in [2.75, 3.05) is 0 Å². The van der Waals surface area contributed by atoms with Gasteiger partial charge < -0.3 is 0 Å². The number of nitrogens with zero attached hydrogens (tertiary/aromatic N) is 2. The van der Waals surface area contributed by atoms with Crippen LogP contribution in [0.1, 0.15) is 6.42 Å². The molecule has 0 aliphatic carbocycles. The summed E-state index contributed by atoms with van der Waals surface area (Å²) in [7, 11) is 0. The Labute approximate surface area is 75.2 Å². The van der Waals surface area contributed by atoms with E-state index < -0.39 is 0 Å². The van der Waals surface area contributed by atoms with E-state index in [0.29, 0.717) is 0 Å². The highest BCUT2D eigenvalue weighted by Gasteiger charge is 2.16. The predicted molar refractivity (Wildman–Crippen MR) is 50.8 cm³/mol. The average molecular weight is 174 g/mol. The summed E-state index contributed by atoms with van der Waals surface area (Å²) < 4.78 is 3.92. The standard InChI is InChI=1S/C10H10N2O/c13-10-8-4-1-2-5-9(8)11-6-3-7-12(10)11/h1-2,4-5H,3,6-7H2. The minimum Gasteiger partial charge on any atom is -0.282 e. The summed E-state index contributed by atoms with van der Waals surface area (Å²) in [5.74, 6) is 0. The van der Waals surface area contributed by atoms with Crippen molar-refractivity contribution in [3.05, 3.63) is 34.6 Å². The van der Waals surface area contributed by atoms with Crippen molar-refractivity contribution < 1.29 is 0 Å². The molecule has 3 rings (SSSR count). The molecule has 0 atom stereocenters. The number of rotatable bonds is 0. The second kappa shape index (κ2) is 2.25. The fraction of sp³-hybridized carbons (Fsp3) is 0.300. The maximum absolute atomic E-state index is 11.8. The second-order valence-electron chi connectivity index (χ2n) is 3.42. The van der Waals surface area contributed by atoms with Gasteiger partial charge in [-0.05, 0) is 18.6 Å². The van der Waals surface area contributed by atoms with E-state index in [4.69, 9.17) is 0 Å². The third kappa shape index (κ3) is 0.763. The molecular weight excluding hydrogens is 164 g/mol. The monoisotopic (exact) mass is 174 g/mol.